The third-order valence-corrected chi connectivity index (χ3v) is 4.65. The van der Waals surface area contributed by atoms with Crippen LogP contribution in [0.15, 0.2) is 0 Å². The molecule has 0 aliphatic heterocycles. The zero-order valence-electron chi connectivity index (χ0n) is 13.3. The van der Waals surface area contributed by atoms with E-state index >= 15 is 0 Å². The average molecular weight is 284 g/mol. The molecule has 1 fully saturated rings. The first-order chi connectivity index (χ1) is 9.67. The largest absolute Gasteiger partial charge is 0.465 e. The van der Waals surface area contributed by atoms with Crippen molar-refractivity contribution < 1.29 is 14.6 Å². The number of aliphatic hydroxyl groups excluding tert-OH is 1. The summed E-state index contributed by atoms with van der Waals surface area (Å²) in [5, 5.41) is 10.4. The van der Waals surface area contributed by atoms with E-state index in [1.54, 1.807) is 0 Å². The van der Waals surface area contributed by atoms with Gasteiger partial charge in [0.2, 0.25) is 0 Å². The summed E-state index contributed by atoms with van der Waals surface area (Å²) in [7, 11) is 0. The number of aliphatic hydroxyl groups is 1. The summed E-state index contributed by atoms with van der Waals surface area (Å²) in [5.41, 5.74) is -0.612. The fourth-order valence-corrected chi connectivity index (χ4v) is 3.35. The summed E-state index contributed by atoms with van der Waals surface area (Å²) in [4.78, 5) is 12.3. The van der Waals surface area contributed by atoms with Crippen LogP contribution in [0.5, 0.6) is 0 Å². The lowest BCUT2D eigenvalue weighted by Crippen LogP contribution is -2.45. The molecule has 3 nitrogen and oxygen atoms in total. The normalized spacial score (nSPS) is 26.4. The third kappa shape index (κ3) is 4.76. The van der Waals surface area contributed by atoms with Gasteiger partial charge in [-0.15, -0.1) is 0 Å². The second-order valence-corrected chi connectivity index (χ2v) is 6.16. The molecule has 0 spiro atoms. The van der Waals surface area contributed by atoms with Crippen molar-refractivity contribution in [2.45, 2.75) is 90.6 Å². The molecule has 118 valence electrons. The van der Waals surface area contributed by atoms with E-state index in [0.717, 1.165) is 44.9 Å². The fraction of sp³-hybridized carbons (Fsp3) is 0.941. The van der Waals surface area contributed by atoms with Gasteiger partial charge in [-0.25, -0.2) is 0 Å². The molecule has 0 aromatic rings. The van der Waals surface area contributed by atoms with Gasteiger partial charge in [-0.2, -0.15) is 0 Å². The predicted octanol–water partition coefficient (Wildman–Crippen LogP) is 4.22. The Balaban J connectivity index is 2.48. The Bertz CT molecular complexity index is 277. The molecule has 1 saturated carbocycles. The number of ether oxygens (including phenoxy) is 1. The number of unbranched alkanes of at least 4 members (excludes halogenated alkanes) is 5. The number of hydrogen-bond acceptors (Lipinski definition) is 3. The van der Waals surface area contributed by atoms with Crippen LogP contribution in [0.3, 0.4) is 0 Å². The lowest BCUT2D eigenvalue weighted by Gasteiger charge is -2.39. The Hall–Kier alpha value is -0.570. The second kappa shape index (κ2) is 9.38. The maximum atomic E-state index is 12.3. The van der Waals surface area contributed by atoms with Gasteiger partial charge < -0.3 is 9.84 Å². The van der Waals surface area contributed by atoms with Crippen molar-refractivity contribution in [2.75, 3.05) is 6.61 Å². The summed E-state index contributed by atoms with van der Waals surface area (Å²) in [6.07, 6.45) is 11.1. The van der Waals surface area contributed by atoms with Gasteiger partial charge in [0.05, 0.1) is 18.1 Å². The lowest BCUT2D eigenvalue weighted by molar-refractivity contribution is -0.167. The van der Waals surface area contributed by atoms with E-state index in [4.69, 9.17) is 4.74 Å². The van der Waals surface area contributed by atoms with Crippen molar-refractivity contribution in [3.05, 3.63) is 0 Å². The average Bonchev–Trinajstić information content (AvgIpc) is 2.45. The van der Waals surface area contributed by atoms with Crippen molar-refractivity contribution >= 4 is 5.97 Å². The van der Waals surface area contributed by atoms with Crippen LogP contribution in [0.2, 0.25) is 0 Å². The van der Waals surface area contributed by atoms with Gasteiger partial charge in [0, 0.05) is 0 Å². The van der Waals surface area contributed by atoms with Gasteiger partial charge in [-0.1, -0.05) is 58.3 Å². The minimum absolute atomic E-state index is 0.166. The second-order valence-electron chi connectivity index (χ2n) is 6.16. The van der Waals surface area contributed by atoms with E-state index in [1.165, 1.54) is 25.7 Å². The Labute approximate surface area is 124 Å². The van der Waals surface area contributed by atoms with Gasteiger partial charge in [-0.05, 0) is 26.2 Å². The Morgan fingerprint density at radius 1 is 1.15 bits per heavy atom. The SMILES string of the molecule is CCCCCCCC[C@@]1(C(=O)OCC)CCCC[C@@H]1O. The smallest absolute Gasteiger partial charge is 0.314 e. The molecule has 2 atom stereocenters. The summed E-state index contributed by atoms with van der Waals surface area (Å²) in [6.45, 7) is 4.46. The highest BCUT2D eigenvalue weighted by atomic mass is 16.5. The molecule has 0 saturated heterocycles. The van der Waals surface area contributed by atoms with Crippen molar-refractivity contribution in [2.24, 2.45) is 5.41 Å². The number of carbonyl (C=O) groups excluding carboxylic acids is 1. The molecule has 1 N–H and O–H groups in total. The highest BCUT2D eigenvalue weighted by Crippen LogP contribution is 2.42. The number of carbonyl (C=O) groups is 1. The minimum Gasteiger partial charge on any atom is -0.465 e. The molecular formula is C17H32O3. The minimum atomic E-state index is -0.612. The molecule has 0 radical (unpaired) electrons. The highest BCUT2D eigenvalue weighted by Gasteiger charge is 2.46. The number of rotatable bonds is 9. The Morgan fingerprint density at radius 3 is 2.50 bits per heavy atom. The molecule has 0 heterocycles. The van der Waals surface area contributed by atoms with Crippen LogP contribution in [0, 0.1) is 5.41 Å². The van der Waals surface area contributed by atoms with Gasteiger partial charge in [0.25, 0.3) is 0 Å². The van der Waals surface area contributed by atoms with E-state index in [0.29, 0.717) is 6.61 Å². The van der Waals surface area contributed by atoms with Crippen LogP contribution in [0.4, 0.5) is 0 Å². The van der Waals surface area contributed by atoms with Crippen LogP contribution in [-0.2, 0) is 9.53 Å². The number of hydrogen-bond donors (Lipinski definition) is 1. The Morgan fingerprint density at radius 2 is 1.85 bits per heavy atom. The first-order valence-corrected chi connectivity index (χ1v) is 8.52. The molecule has 0 aromatic heterocycles. The number of esters is 1. The summed E-state index contributed by atoms with van der Waals surface area (Å²) in [6, 6.07) is 0. The molecule has 0 bridgehead atoms. The van der Waals surface area contributed by atoms with Crippen LogP contribution in [0.1, 0.15) is 84.5 Å². The fourth-order valence-electron chi connectivity index (χ4n) is 3.35. The van der Waals surface area contributed by atoms with Gasteiger partial charge in [-0.3, -0.25) is 4.79 Å². The van der Waals surface area contributed by atoms with E-state index in [-0.39, 0.29) is 5.97 Å². The van der Waals surface area contributed by atoms with Crippen molar-refractivity contribution in [3.8, 4) is 0 Å². The maximum absolute atomic E-state index is 12.3. The molecule has 0 unspecified atom stereocenters. The highest BCUT2D eigenvalue weighted by molar-refractivity contribution is 5.77. The van der Waals surface area contributed by atoms with Crippen LogP contribution in [0.25, 0.3) is 0 Å². The van der Waals surface area contributed by atoms with Gasteiger partial charge >= 0.3 is 5.97 Å². The van der Waals surface area contributed by atoms with E-state index in [9.17, 15) is 9.90 Å². The standard InChI is InChI=1S/C17H32O3/c1-3-5-6-7-8-10-13-17(16(19)20-4-2)14-11-9-12-15(17)18/h15,18H,3-14H2,1-2H3/t15-,17+/m0/s1. The lowest BCUT2D eigenvalue weighted by atomic mass is 9.68. The summed E-state index contributed by atoms with van der Waals surface area (Å²) in [5.74, 6) is -0.166. The summed E-state index contributed by atoms with van der Waals surface area (Å²) < 4.78 is 5.25. The maximum Gasteiger partial charge on any atom is 0.314 e. The zero-order valence-corrected chi connectivity index (χ0v) is 13.3. The quantitative estimate of drug-likeness (QED) is 0.509. The zero-order chi connectivity index (χ0) is 14.8. The van der Waals surface area contributed by atoms with E-state index in [2.05, 4.69) is 6.92 Å². The third-order valence-electron chi connectivity index (χ3n) is 4.65. The molecule has 3 heteroatoms. The first-order valence-electron chi connectivity index (χ1n) is 8.52. The molecule has 0 aromatic carbocycles. The molecular weight excluding hydrogens is 252 g/mol. The van der Waals surface area contributed by atoms with Gasteiger partial charge in [0.1, 0.15) is 0 Å². The summed E-state index contributed by atoms with van der Waals surface area (Å²) >= 11 is 0. The predicted molar refractivity (Wildman–Crippen MR) is 81.5 cm³/mol. The van der Waals surface area contributed by atoms with Crippen LogP contribution in [-0.4, -0.2) is 23.8 Å². The molecule has 1 aliphatic carbocycles. The molecule has 20 heavy (non-hydrogen) atoms. The van der Waals surface area contributed by atoms with Gasteiger partial charge in [0.15, 0.2) is 0 Å². The van der Waals surface area contributed by atoms with Crippen LogP contribution < -0.4 is 0 Å². The van der Waals surface area contributed by atoms with Crippen LogP contribution >= 0.6 is 0 Å². The first kappa shape index (κ1) is 17.5. The molecule has 1 rings (SSSR count). The van der Waals surface area contributed by atoms with Crippen molar-refractivity contribution in [3.63, 3.8) is 0 Å². The van der Waals surface area contributed by atoms with Crippen molar-refractivity contribution in [1.82, 2.24) is 0 Å². The molecule has 0 amide bonds. The van der Waals surface area contributed by atoms with E-state index < -0.39 is 11.5 Å². The Kier molecular flexibility index (Phi) is 8.20. The van der Waals surface area contributed by atoms with E-state index in [1.807, 2.05) is 6.92 Å². The molecule has 1 aliphatic rings. The van der Waals surface area contributed by atoms with Crippen molar-refractivity contribution in [1.29, 1.82) is 0 Å². The monoisotopic (exact) mass is 284 g/mol. The topological polar surface area (TPSA) is 46.5 Å².